The average Bonchev–Trinajstić information content (AvgIpc) is 2.58. The second-order valence-corrected chi connectivity index (χ2v) is 3.95. The molecule has 1 aromatic heterocycles. The van der Waals surface area contributed by atoms with Gasteiger partial charge in [-0.15, -0.1) is 0 Å². The molecule has 0 fully saturated rings. The normalized spacial score (nSPS) is 10.9. The molecule has 0 aliphatic heterocycles. The van der Waals surface area contributed by atoms with E-state index in [1.54, 1.807) is 0 Å². The van der Waals surface area contributed by atoms with Crippen LogP contribution in [0.3, 0.4) is 0 Å². The summed E-state index contributed by atoms with van der Waals surface area (Å²) in [6.07, 6.45) is 1.13. The number of rotatable bonds is 3. The van der Waals surface area contributed by atoms with Gasteiger partial charge in [0.25, 0.3) is 0 Å². The Morgan fingerprint density at radius 3 is 2.67 bits per heavy atom. The molecule has 0 bridgehead atoms. The van der Waals surface area contributed by atoms with Crippen LogP contribution in [0, 0.1) is 0 Å². The molecule has 2 rings (SSSR count). The highest BCUT2D eigenvalue weighted by Crippen LogP contribution is 2.21. The first-order chi connectivity index (χ1) is 7.24. The molecule has 0 radical (unpaired) electrons. The van der Waals surface area contributed by atoms with Crippen LogP contribution in [-0.2, 0) is 6.54 Å². The Kier molecular flexibility index (Phi) is 2.62. The maximum atomic E-state index is 4.62. The van der Waals surface area contributed by atoms with E-state index in [1.165, 1.54) is 5.52 Å². The van der Waals surface area contributed by atoms with Crippen LogP contribution in [0.1, 0.15) is 13.3 Å². The summed E-state index contributed by atoms with van der Waals surface area (Å²) in [6, 6.07) is 8.29. The molecule has 15 heavy (non-hydrogen) atoms. The number of aryl methyl sites for hydroxylation is 1. The third-order valence-corrected chi connectivity index (χ3v) is 2.48. The molecule has 0 aliphatic carbocycles. The number of anilines is 1. The van der Waals surface area contributed by atoms with E-state index in [0.29, 0.717) is 0 Å². The van der Waals surface area contributed by atoms with Crippen molar-refractivity contribution in [2.45, 2.75) is 19.9 Å². The van der Waals surface area contributed by atoms with E-state index in [1.807, 2.05) is 20.2 Å². The molecule has 2 aromatic rings. The number of hydrogen-bond donors (Lipinski definition) is 0. The molecule has 0 aliphatic rings. The third kappa shape index (κ3) is 1.69. The molecule has 0 spiro atoms. The van der Waals surface area contributed by atoms with Crippen molar-refractivity contribution in [1.82, 2.24) is 9.55 Å². The van der Waals surface area contributed by atoms with Crippen molar-refractivity contribution in [3.8, 4) is 0 Å². The molecule has 0 unspecified atom stereocenters. The minimum Gasteiger partial charge on any atom is -0.348 e. The molecule has 1 aromatic carbocycles. The minimum atomic E-state index is 1.02. The van der Waals surface area contributed by atoms with Gasteiger partial charge in [-0.3, -0.25) is 0 Å². The van der Waals surface area contributed by atoms with Gasteiger partial charge in [-0.2, -0.15) is 0 Å². The fourth-order valence-corrected chi connectivity index (χ4v) is 1.85. The summed E-state index contributed by atoms with van der Waals surface area (Å²) in [4.78, 5) is 6.68. The summed E-state index contributed by atoms with van der Waals surface area (Å²) in [5.41, 5.74) is 2.30. The van der Waals surface area contributed by atoms with Crippen LogP contribution in [0.5, 0.6) is 0 Å². The van der Waals surface area contributed by atoms with Gasteiger partial charge in [-0.25, -0.2) is 4.98 Å². The second kappa shape index (κ2) is 3.93. The lowest BCUT2D eigenvalue weighted by atomic mass is 10.3. The highest BCUT2D eigenvalue weighted by molar-refractivity contribution is 5.78. The van der Waals surface area contributed by atoms with Crippen LogP contribution in [-0.4, -0.2) is 23.6 Å². The van der Waals surface area contributed by atoms with Crippen LogP contribution < -0.4 is 4.90 Å². The number of aromatic nitrogens is 2. The van der Waals surface area contributed by atoms with Crippen molar-refractivity contribution in [2.24, 2.45) is 0 Å². The van der Waals surface area contributed by atoms with Crippen LogP contribution >= 0.6 is 0 Å². The summed E-state index contributed by atoms with van der Waals surface area (Å²) in [5.74, 6) is 1.04. The van der Waals surface area contributed by atoms with Crippen molar-refractivity contribution in [2.75, 3.05) is 19.0 Å². The predicted molar refractivity (Wildman–Crippen MR) is 64.4 cm³/mol. The zero-order valence-corrected chi connectivity index (χ0v) is 9.57. The van der Waals surface area contributed by atoms with Crippen LogP contribution in [0.15, 0.2) is 24.3 Å². The SMILES string of the molecule is CCCn1c(N(C)C)nc2ccccc21. The fourth-order valence-electron chi connectivity index (χ4n) is 1.85. The highest BCUT2D eigenvalue weighted by Gasteiger charge is 2.10. The Morgan fingerprint density at radius 2 is 2.00 bits per heavy atom. The van der Waals surface area contributed by atoms with Gasteiger partial charge in [0.1, 0.15) is 0 Å². The highest BCUT2D eigenvalue weighted by atomic mass is 15.3. The number of nitrogens with zero attached hydrogens (tertiary/aromatic N) is 3. The van der Waals surface area contributed by atoms with Gasteiger partial charge in [0.2, 0.25) is 5.95 Å². The van der Waals surface area contributed by atoms with Gasteiger partial charge >= 0.3 is 0 Å². The van der Waals surface area contributed by atoms with Crippen molar-refractivity contribution < 1.29 is 0 Å². The molecule has 0 atom stereocenters. The largest absolute Gasteiger partial charge is 0.348 e. The number of fused-ring (bicyclic) bond motifs is 1. The summed E-state index contributed by atoms with van der Waals surface area (Å²) in [5, 5.41) is 0. The Balaban J connectivity index is 2.63. The van der Waals surface area contributed by atoms with E-state index in [2.05, 4.69) is 39.6 Å². The van der Waals surface area contributed by atoms with E-state index in [-0.39, 0.29) is 0 Å². The molecule has 0 amide bonds. The van der Waals surface area contributed by atoms with E-state index >= 15 is 0 Å². The van der Waals surface area contributed by atoms with Gasteiger partial charge in [-0.05, 0) is 18.6 Å². The second-order valence-electron chi connectivity index (χ2n) is 3.95. The molecule has 3 heteroatoms. The lowest BCUT2D eigenvalue weighted by molar-refractivity contribution is 0.690. The Morgan fingerprint density at radius 1 is 1.27 bits per heavy atom. The fraction of sp³-hybridized carbons (Fsp3) is 0.417. The van der Waals surface area contributed by atoms with Crippen molar-refractivity contribution in [3.63, 3.8) is 0 Å². The molecule has 0 saturated heterocycles. The van der Waals surface area contributed by atoms with Crippen LogP contribution in [0.2, 0.25) is 0 Å². The van der Waals surface area contributed by atoms with Crippen molar-refractivity contribution in [1.29, 1.82) is 0 Å². The number of imidazole rings is 1. The number of para-hydroxylation sites is 2. The van der Waals surface area contributed by atoms with Crippen LogP contribution in [0.25, 0.3) is 11.0 Å². The lowest BCUT2D eigenvalue weighted by Gasteiger charge is -2.13. The number of hydrogen-bond acceptors (Lipinski definition) is 2. The van der Waals surface area contributed by atoms with Crippen molar-refractivity contribution >= 4 is 17.0 Å². The van der Waals surface area contributed by atoms with E-state index in [0.717, 1.165) is 24.4 Å². The van der Waals surface area contributed by atoms with Gasteiger partial charge in [0.15, 0.2) is 0 Å². The van der Waals surface area contributed by atoms with Gasteiger partial charge < -0.3 is 9.47 Å². The summed E-state index contributed by atoms with van der Waals surface area (Å²) in [7, 11) is 4.07. The topological polar surface area (TPSA) is 21.1 Å². The van der Waals surface area contributed by atoms with E-state index in [9.17, 15) is 0 Å². The zero-order valence-electron chi connectivity index (χ0n) is 9.57. The van der Waals surface area contributed by atoms with E-state index < -0.39 is 0 Å². The monoisotopic (exact) mass is 203 g/mol. The molecule has 80 valence electrons. The average molecular weight is 203 g/mol. The van der Waals surface area contributed by atoms with Gasteiger partial charge in [-0.1, -0.05) is 19.1 Å². The molecule has 1 heterocycles. The maximum Gasteiger partial charge on any atom is 0.206 e. The van der Waals surface area contributed by atoms with E-state index in [4.69, 9.17) is 0 Å². The predicted octanol–water partition coefficient (Wildman–Crippen LogP) is 2.51. The molecular weight excluding hydrogens is 186 g/mol. The first-order valence-corrected chi connectivity index (χ1v) is 5.36. The lowest BCUT2D eigenvalue weighted by Crippen LogP contribution is -2.15. The Hall–Kier alpha value is -1.51. The van der Waals surface area contributed by atoms with Crippen LogP contribution in [0.4, 0.5) is 5.95 Å². The van der Waals surface area contributed by atoms with Crippen molar-refractivity contribution in [3.05, 3.63) is 24.3 Å². The first kappa shape index (κ1) is 10.0. The molecular formula is C12H17N3. The maximum absolute atomic E-state index is 4.62. The minimum absolute atomic E-state index is 1.02. The summed E-state index contributed by atoms with van der Waals surface area (Å²) < 4.78 is 2.27. The Bertz CT molecular complexity index is 457. The van der Waals surface area contributed by atoms with Gasteiger partial charge in [0.05, 0.1) is 11.0 Å². The molecule has 0 saturated carbocycles. The van der Waals surface area contributed by atoms with Gasteiger partial charge in [0, 0.05) is 20.6 Å². The standard InChI is InChI=1S/C12H17N3/c1-4-9-15-11-8-6-5-7-10(11)13-12(15)14(2)3/h5-8H,4,9H2,1-3H3. The first-order valence-electron chi connectivity index (χ1n) is 5.36. The number of benzene rings is 1. The quantitative estimate of drug-likeness (QED) is 0.764. The summed E-state index contributed by atoms with van der Waals surface area (Å²) >= 11 is 0. The zero-order chi connectivity index (χ0) is 10.8. The third-order valence-electron chi connectivity index (χ3n) is 2.48. The Labute approximate surface area is 90.3 Å². The summed E-state index contributed by atoms with van der Waals surface area (Å²) in [6.45, 7) is 3.21. The smallest absolute Gasteiger partial charge is 0.206 e. The molecule has 3 nitrogen and oxygen atoms in total. The molecule has 0 N–H and O–H groups in total.